The Morgan fingerprint density at radius 3 is 2.11 bits per heavy atom. The molecular weight excluding hydrogens is 610 g/mol. The van der Waals surface area contributed by atoms with Gasteiger partial charge in [0.2, 0.25) is 0 Å². The number of benzene rings is 4. The third-order valence-electron chi connectivity index (χ3n) is 7.87. The summed E-state index contributed by atoms with van der Waals surface area (Å²) in [5.41, 5.74) is 0.825. The molecule has 5 aromatic rings. The molecule has 1 N–H and O–H groups in total. The Bertz CT molecular complexity index is 1910. The summed E-state index contributed by atoms with van der Waals surface area (Å²) >= 11 is 0. The molecule has 12 heteroatoms. The van der Waals surface area contributed by atoms with Gasteiger partial charge in [-0.25, -0.2) is 0 Å². The van der Waals surface area contributed by atoms with Gasteiger partial charge < -0.3 is 14.6 Å². The lowest BCUT2D eigenvalue weighted by atomic mass is 9.97. The Morgan fingerprint density at radius 1 is 0.848 bits per heavy atom. The minimum Gasteiger partial charge on any atom is -0.497 e. The number of hydrazone groups is 1. The molecule has 6 rings (SSSR count). The number of nitrogens with zero attached hydrogens (tertiary/aromatic N) is 3. The van der Waals surface area contributed by atoms with Crippen LogP contribution in [0.2, 0.25) is 0 Å². The molecule has 0 fully saturated rings. The first kappa shape index (κ1) is 30.8. The number of methoxy groups -OCH3 is 1. The highest BCUT2D eigenvalue weighted by Gasteiger charge is 2.37. The Morgan fingerprint density at radius 2 is 1.50 bits per heavy atom. The van der Waals surface area contributed by atoms with Gasteiger partial charge in [-0.05, 0) is 101 Å². The highest BCUT2D eigenvalue weighted by molar-refractivity contribution is 6.05. The van der Waals surface area contributed by atoms with Crippen molar-refractivity contribution in [1.29, 1.82) is 0 Å². The molecule has 1 aliphatic rings. The standard InChI is InChI=1S/C34H26F6N4O2/c1-43-14-13-23-15-22(7-12-30(23)43)31-19-29(20-5-10-28(46-2)11-6-20)42-44(31)27-8-3-21(4-9-27)32(45)41-26-17-24(33(35,36)37)16-25(18-26)34(38,39)40/h3-18,31H,19H2,1-2H3,(H,41,45). The van der Waals surface area contributed by atoms with Gasteiger partial charge in [-0.3, -0.25) is 9.80 Å². The summed E-state index contributed by atoms with van der Waals surface area (Å²) in [5, 5.41) is 10.0. The fourth-order valence-corrected chi connectivity index (χ4v) is 5.47. The van der Waals surface area contributed by atoms with E-state index in [2.05, 4.69) is 11.4 Å². The van der Waals surface area contributed by atoms with E-state index in [1.807, 2.05) is 65.3 Å². The highest BCUT2D eigenvalue weighted by Crippen LogP contribution is 2.39. The fraction of sp³-hybridized carbons (Fsp3) is 0.176. The summed E-state index contributed by atoms with van der Waals surface area (Å²) in [7, 11) is 3.55. The van der Waals surface area contributed by atoms with Crippen LogP contribution in [0.5, 0.6) is 5.75 Å². The maximum Gasteiger partial charge on any atom is 0.416 e. The molecule has 6 nitrogen and oxygen atoms in total. The van der Waals surface area contributed by atoms with Crippen LogP contribution in [0.4, 0.5) is 37.7 Å². The van der Waals surface area contributed by atoms with Crippen LogP contribution in [-0.4, -0.2) is 23.3 Å². The molecule has 4 aromatic carbocycles. The predicted molar refractivity (Wildman–Crippen MR) is 163 cm³/mol. The van der Waals surface area contributed by atoms with E-state index in [9.17, 15) is 31.1 Å². The zero-order valence-corrected chi connectivity index (χ0v) is 24.4. The smallest absolute Gasteiger partial charge is 0.416 e. The molecule has 0 aliphatic carbocycles. The maximum atomic E-state index is 13.3. The molecule has 0 spiro atoms. The lowest BCUT2D eigenvalue weighted by Gasteiger charge is -2.24. The van der Waals surface area contributed by atoms with E-state index in [1.165, 1.54) is 12.1 Å². The molecule has 236 valence electrons. The lowest BCUT2D eigenvalue weighted by Crippen LogP contribution is -2.19. The summed E-state index contributed by atoms with van der Waals surface area (Å²) in [6.07, 6.45) is -7.52. The van der Waals surface area contributed by atoms with E-state index in [0.717, 1.165) is 27.7 Å². The highest BCUT2D eigenvalue weighted by atomic mass is 19.4. The molecule has 0 saturated carbocycles. The molecule has 1 atom stereocenters. The van der Waals surface area contributed by atoms with Crippen LogP contribution < -0.4 is 15.1 Å². The second kappa shape index (κ2) is 11.6. The number of carbonyl (C=O) groups excluding carboxylic acids is 1. The number of carbonyl (C=O) groups is 1. The number of amides is 1. The molecule has 1 aromatic heterocycles. The molecule has 2 heterocycles. The van der Waals surface area contributed by atoms with Crippen molar-refractivity contribution in [2.45, 2.75) is 24.8 Å². The number of alkyl halides is 6. The number of hydrogen-bond acceptors (Lipinski definition) is 4. The second-order valence-corrected chi connectivity index (χ2v) is 10.9. The molecule has 0 radical (unpaired) electrons. The SMILES string of the molecule is COc1ccc(C2=NN(c3ccc(C(=O)Nc4cc(C(F)(F)F)cc(C(F)(F)F)c4)cc3)C(c3ccc4c(ccn4C)c3)C2)cc1. The Kier molecular flexibility index (Phi) is 7.75. The van der Waals surface area contributed by atoms with Crippen molar-refractivity contribution in [3.05, 3.63) is 125 Å². The average molecular weight is 637 g/mol. The molecule has 46 heavy (non-hydrogen) atoms. The number of rotatable bonds is 6. The van der Waals surface area contributed by atoms with E-state index < -0.39 is 35.1 Å². The fourth-order valence-electron chi connectivity index (χ4n) is 5.47. The zero-order valence-electron chi connectivity index (χ0n) is 24.4. The number of aromatic nitrogens is 1. The van der Waals surface area contributed by atoms with Crippen molar-refractivity contribution in [3.8, 4) is 5.75 Å². The Labute approximate surface area is 259 Å². The minimum atomic E-state index is -5.04. The predicted octanol–water partition coefficient (Wildman–Crippen LogP) is 8.83. The Balaban J connectivity index is 1.30. The van der Waals surface area contributed by atoms with Crippen LogP contribution >= 0.6 is 0 Å². The summed E-state index contributed by atoms with van der Waals surface area (Å²) in [4.78, 5) is 12.9. The first-order valence-electron chi connectivity index (χ1n) is 14.1. The van der Waals surface area contributed by atoms with Gasteiger partial charge in [-0.2, -0.15) is 31.4 Å². The summed E-state index contributed by atoms with van der Waals surface area (Å²) in [6.45, 7) is 0. The van der Waals surface area contributed by atoms with Crippen molar-refractivity contribution >= 4 is 33.9 Å². The van der Waals surface area contributed by atoms with Crippen molar-refractivity contribution in [1.82, 2.24) is 4.57 Å². The second-order valence-electron chi connectivity index (χ2n) is 10.9. The van der Waals surface area contributed by atoms with Crippen LogP contribution in [-0.2, 0) is 19.4 Å². The molecule has 1 amide bonds. The van der Waals surface area contributed by atoms with Crippen molar-refractivity contribution in [3.63, 3.8) is 0 Å². The van der Waals surface area contributed by atoms with Crippen LogP contribution in [0.15, 0.2) is 102 Å². The lowest BCUT2D eigenvalue weighted by molar-refractivity contribution is -0.143. The van der Waals surface area contributed by atoms with Gasteiger partial charge in [0.15, 0.2) is 0 Å². The minimum absolute atomic E-state index is 0.00712. The number of halogens is 6. The van der Waals surface area contributed by atoms with Gasteiger partial charge in [-0.15, -0.1) is 0 Å². The van der Waals surface area contributed by atoms with Gasteiger partial charge in [0.1, 0.15) is 5.75 Å². The third kappa shape index (κ3) is 6.15. The average Bonchev–Trinajstić information content (AvgIpc) is 3.64. The van der Waals surface area contributed by atoms with E-state index >= 15 is 0 Å². The largest absolute Gasteiger partial charge is 0.497 e. The molecule has 0 saturated heterocycles. The summed E-state index contributed by atoms with van der Waals surface area (Å²) in [5.74, 6) is -0.159. The zero-order chi connectivity index (χ0) is 32.8. The van der Waals surface area contributed by atoms with Gasteiger partial charge in [-0.1, -0.05) is 6.07 Å². The number of fused-ring (bicyclic) bond motifs is 1. The van der Waals surface area contributed by atoms with Gasteiger partial charge >= 0.3 is 12.4 Å². The number of hydrogen-bond donors (Lipinski definition) is 1. The van der Waals surface area contributed by atoms with E-state index in [4.69, 9.17) is 9.84 Å². The molecular formula is C34H26F6N4O2. The third-order valence-corrected chi connectivity index (χ3v) is 7.87. The molecule has 0 bridgehead atoms. The first-order chi connectivity index (χ1) is 21.8. The van der Waals surface area contributed by atoms with E-state index in [-0.39, 0.29) is 17.7 Å². The monoisotopic (exact) mass is 636 g/mol. The first-order valence-corrected chi connectivity index (χ1v) is 14.1. The Hall–Kier alpha value is -5.26. The summed E-state index contributed by atoms with van der Waals surface area (Å²) in [6, 6.07) is 22.7. The topological polar surface area (TPSA) is 58.9 Å². The van der Waals surface area contributed by atoms with Crippen molar-refractivity contribution in [2.75, 3.05) is 17.4 Å². The van der Waals surface area contributed by atoms with Crippen molar-refractivity contribution in [2.24, 2.45) is 12.1 Å². The van der Waals surface area contributed by atoms with E-state index in [0.29, 0.717) is 30.0 Å². The molecule has 1 aliphatic heterocycles. The molecule has 1 unspecified atom stereocenters. The number of nitrogens with one attached hydrogen (secondary N) is 1. The quantitative estimate of drug-likeness (QED) is 0.190. The van der Waals surface area contributed by atoms with Crippen LogP contribution in [0, 0.1) is 0 Å². The number of aryl methyl sites for hydroxylation is 1. The van der Waals surface area contributed by atoms with Crippen molar-refractivity contribution < 1.29 is 35.9 Å². The van der Waals surface area contributed by atoms with Gasteiger partial charge in [0, 0.05) is 36.4 Å². The number of ether oxygens (including phenoxy) is 1. The van der Waals surface area contributed by atoms with Gasteiger partial charge in [0.25, 0.3) is 5.91 Å². The van der Waals surface area contributed by atoms with Crippen LogP contribution in [0.1, 0.15) is 45.1 Å². The van der Waals surface area contributed by atoms with Crippen LogP contribution in [0.25, 0.3) is 10.9 Å². The normalized spacial score (nSPS) is 15.3. The maximum absolute atomic E-state index is 13.3. The van der Waals surface area contributed by atoms with Crippen LogP contribution in [0.3, 0.4) is 0 Å². The van der Waals surface area contributed by atoms with E-state index in [1.54, 1.807) is 19.2 Å². The van der Waals surface area contributed by atoms with Gasteiger partial charge in [0.05, 0.1) is 35.7 Å². The summed E-state index contributed by atoms with van der Waals surface area (Å²) < 4.78 is 87.0. The number of anilines is 2.